The highest BCUT2D eigenvalue weighted by atomic mass is 127. The average molecular weight is 498 g/mol. The summed E-state index contributed by atoms with van der Waals surface area (Å²) in [6.07, 6.45) is 1.95. The monoisotopic (exact) mass is 498 g/mol. The van der Waals surface area contributed by atoms with Gasteiger partial charge in [0.2, 0.25) is 10.0 Å². The Hall–Kier alpha value is -0.960. The van der Waals surface area contributed by atoms with Gasteiger partial charge >= 0.3 is 0 Å². The average Bonchev–Trinajstić information content (AvgIpc) is 3.03. The van der Waals surface area contributed by atoms with Crippen LogP contribution in [-0.2, 0) is 23.0 Å². The van der Waals surface area contributed by atoms with Gasteiger partial charge in [0.15, 0.2) is 0 Å². The lowest BCUT2D eigenvalue weighted by atomic mass is 10.0. The number of likely N-dealkylation sites (tertiary alicyclic amines) is 1. The van der Waals surface area contributed by atoms with Crippen molar-refractivity contribution in [3.63, 3.8) is 0 Å². The van der Waals surface area contributed by atoms with Gasteiger partial charge < -0.3 is 0 Å². The molecule has 6 heteroatoms. The van der Waals surface area contributed by atoms with Crippen LogP contribution in [0.25, 0.3) is 0 Å². The summed E-state index contributed by atoms with van der Waals surface area (Å²) in [4.78, 5) is 2.65. The number of halogens is 1. The summed E-state index contributed by atoms with van der Waals surface area (Å²) in [7, 11) is -3.45. The second-order valence-electron chi connectivity index (χ2n) is 7.71. The van der Waals surface area contributed by atoms with Crippen LogP contribution in [0.15, 0.2) is 53.4 Å². The first kappa shape index (κ1) is 20.8. The van der Waals surface area contributed by atoms with Crippen molar-refractivity contribution in [3.05, 3.63) is 63.2 Å². The van der Waals surface area contributed by atoms with E-state index in [0.717, 1.165) is 36.0 Å². The van der Waals surface area contributed by atoms with Gasteiger partial charge in [-0.3, -0.25) is 4.90 Å². The molecule has 4 nitrogen and oxygen atoms in total. The van der Waals surface area contributed by atoms with Crippen molar-refractivity contribution in [2.24, 2.45) is 5.92 Å². The molecule has 0 saturated carbocycles. The van der Waals surface area contributed by atoms with Gasteiger partial charge in [0.05, 0.1) is 4.90 Å². The molecule has 146 valence electrons. The number of benzene rings is 2. The zero-order chi connectivity index (χ0) is 19.4. The Kier molecular flexibility index (Phi) is 6.94. The minimum atomic E-state index is -3.45. The van der Waals surface area contributed by atoms with Crippen molar-refractivity contribution in [2.75, 3.05) is 13.1 Å². The molecule has 1 atom stereocenters. The van der Waals surface area contributed by atoms with Crippen LogP contribution >= 0.6 is 22.6 Å². The van der Waals surface area contributed by atoms with Gasteiger partial charge in [-0.15, -0.1) is 0 Å². The lowest BCUT2D eigenvalue weighted by Gasteiger charge is -2.17. The standard InChI is InChI=1S/C21H27IN2O2S/c1-16(2)13-17-3-5-18(6-4-17)14-24-12-11-20(15-24)23-27(25,26)21-9-7-19(22)8-10-21/h3-10,16,20,23H,11-15H2,1-2H3/t20-/m1/s1. The predicted molar refractivity (Wildman–Crippen MR) is 118 cm³/mol. The summed E-state index contributed by atoms with van der Waals surface area (Å²) in [6.45, 7) is 6.99. The molecule has 1 aliphatic heterocycles. The van der Waals surface area contributed by atoms with Gasteiger partial charge in [0, 0.05) is 29.2 Å². The minimum absolute atomic E-state index is 0.0329. The molecular formula is C21H27IN2O2S. The van der Waals surface area contributed by atoms with Crippen LogP contribution in [0.4, 0.5) is 0 Å². The molecule has 1 saturated heterocycles. The summed E-state index contributed by atoms with van der Waals surface area (Å²) in [6, 6.07) is 15.7. The summed E-state index contributed by atoms with van der Waals surface area (Å²) < 4.78 is 29.0. The van der Waals surface area contributed by atoms with E-state index in [-0.39, 0.29) is 6.04 Å². The van der Waals surface area contributed by atoms with Gasteiger partial charge in [-0.05, 0) is 76.7 Å². The highest BCUT2D eigenvalue weighted by molar-refractivity contribution is 14.1. The summed E-state index contributed by atoms with van der Waals surface area (Å²) >= 11 is 2.17. The van der Waals surface area contributed by atoms with E-state index < -0.39 is 10.0 Å². The number of hydrogen-bond acceptors (Lipinski definition) is 3. The van der Waals surface area contributed by atoms with Crippen LogP contribution in [0, 0.1) is 9.49 Å². The van der Waals surface area contributed by atoms with Crippen molar-refractivity contribution in [1.29, 1.82) is 0 Å². The quantitative estimate of drug-likeness (QED) is 0.587. The van der Waals surface area contributed by atoms with Gasteiger partial charge in [-0.1, -0.05) is 38.1 Å². The lowest BCUT2D eigenvalue weighted by molar-refractivity contribution is 0.324. The molecule has 0 aliphatic carbocycles. The fourth-order valence-corrected chi connectivity index (χ4v) is 5.11. The molecule has 0 aromatic heterocycles. The van der Waals surface area contributed by atoms with E-state index >= 15 is 0 Å². The van der Waals surface area contributed by atoms with Crippen molar-refractivity contribution < 1.29 is 8.42 Å². The van der Waals surface area contributed by atoms with E-state index in [1.54, 1.807) is 12.1 Å². The Morgan fingerprint density at radius 2 is 1.70 bits per heavy atom. The zero-order valence-electron chi connectivity index (χ0n) is 15.9. The highest BCUT2D eigenvalue weighted by Crippen LogP contribution is 2.18. The first-order valence-electron chi connectivity index (χ1n) is 9.40. The van der Waals surface area contributed by atoms with Crippen LogP contribution in [0.5, 0.6) is 0 Å². The smallest absolute Gasteiger partial charge is 0.240 e. The van der Waals surface area contributed by atoms with E-state index in [2.05, 4.69) is 70.3 Å². The van der Waals surface area contributed by atoms with Crippen LogP contribution < -0.4 is 4.72 Å². The second-order valence-corrected chi connectivity index (χ2v) is 10.7. The maximum absolute atomic E-state index is 12.6. The van der Waals surface area contributed by atoms with Crippen LogP contribution in [-0.4, -0.2) is 32.4 Å². The molecule has 0 amide bonds. The maximum Gasteiger partial charge on any atom is 0.240 e. The largest absolute Gasteiger partial charge is 0.297 e. The minimum Gasteiger partial charge on any atom is -0.297 e. The number of rotatable bonds is 7. The molecule has 0 radical (unpaired) electrons. The molecule has 1 aliphatic rings. The molecule has 1 N–H and O–H groups in total. The van der Waals surface area contributed by atoms with Crippen LogP contribution in [0.3, 0.4) is 0 Å². The molecule has 0 bridgehead atoms. The van der Waals surface area contributed by atoms with Crippen molar-refractivity contribution in [1.82, 2.24) is 9.62 Å². The molecule has 27 heavy (non-hydrogen) atoms. The second kappa shape index (κ2) is 9.03. The summed E-state index contributed by atoms with van der Waals surface area (Å²) in [5.41, 5.74) is 2.65. The van der Waals surface area contributed by atoms with E-state index in [0.29, 0.717) is 10.8 Å². The van der Waals surface area contributed by atoms with E-state index in [1.165, 1.54) is 11.1 Å². The number of nitrogens with zero attached hydrogens (tertiary/aromatic N) is 1. The zero-order valence-corrected chi connectivity index (χ0v) is 18.8. The van der Waals surface area contributed by atoms with Gasteiger partial charge in [-0.25, -0.2) is 13.1 Å². The Morgan fingerprint density at radius 3 is 2.33 bits per heavy atom. The number of sulfonamides is 1. The fourth-order valence-electron chi connectivity index (χ4n) is 3.48. The number of hydrogen-bond donors (Lipinski definition) is 1. The highest BCUT2D eigenvalue weighted by Gasteiger charge is 2.27. The fraction of sp³-hybridized carbons (Fsp3) is 0.429. The molecule has 3 rings (SSSR count). The summed E-state index contributed by atoms with van der Waals surface area (Å²) in [5.74, 6) is 0.663. The first-order valence-corrected chi connectivity index (χ1v) is 12.0. The topological polar surface area (TPSA) is 49.4 Å². The van der Waals surface area contributed by atoms with Gasteiger partial charge in [-0.2, -0.15) is 0 Å². The SMILES string of the molecule is CC(C)Cc1ccc(CN2CC[C@@H](NS(=O)(=O)c3ccc(I)cc3)C2)cc1. The molecule has 2 aromatic rings. The Labute approximate surface area is 176 Å². The van der Waals surface area contributed by atoms with Crippen molar-refractivity contribution in [2.45, 2.75) is 44.2 Å². The van der Waals surface area contributed by atoms with Crippen molar-refractivity contribution >= 4 is 32.6 Å². The molecule has 1 fully saturated rings. The Balaban J connectivity index is 1.54. The predicted octanol–water partition coefficient (Wildman–Crippen LogP) is 4.04. The maximum atomic E-state index is 12.6. The molecule has 0 unspecified atom stereocenters. The van der Waals surface area contributed by atoms with Crippen LogP contribution in [0.2, 0.25) is 0 Å². The third kappa shape index (κ3) is 6.01. The third-order valence-corrected chi connectivity index (χ3v) is 7.05. The summed E-state index contributed by atoms with van der Waals surface area (Å²) in [5, 5.41) is 0. The molecule has 2 aromatic carbocycles. The molecular weight excluding hydrogens is 471 g/mol. The van der Waals surface area contributed by atoms with E-state index in [4.69, 9.17) is 0 Å². The lowest BCUT2D eigenvalue weighted by Crippen LogP contribution is -2.36. The molecule has 0 spiro atoms. The normalized spacial score (nSPS) is 18.3. The van der Waals surface area contributed by atoms with E-state index in [1.807, 2.05) is 12.1 Å². The molecule has 1 heterocycles. The first-order chi connectivity index (χ1) is 12.8. The Bertz CT molecular complexity index is 849. The van der Waals surface area contributed by atoms with E-state index in [9.17, 15) is 8.42 Å². The Morgan fingerprint density at radius 1 is 1.07 bits per heavy atom. The van der Waals surface area contributed by atoms with Crippen LogP contribution in [0.1, 0.15) is 31.4 Å². The number of nitrogens with one attached hydrogen (secondary N) is 1. The van der Waals surface area contributed by atoms with Gasteiger partial charge in [0.25, 0.3) is 0 Å². The third-order valence-electron chi connectivity index (χ3n) is 4.79. The van der Waals surface area contributed by atoms with Gasteiger partial charge in [0.1, 0.15) is 0 Å². The van der Waals surface area contributed by atoms with Crippen molar-refractivity contribution in [3.8, 4) is 0 Å².